The molecule has 2 unspecified atom stereocenters. The molecular formula is C32H29FN2O5S. The Bertz CT molecular complexity index is 1680. The molecule has 1 aromatic heterocycles. The quantitative estimate of drug-likeness (QED) is 0.106. The van der Waals surface area contributed by atoms with Gasteiger partial charge in [-0.1, -0.05) is 43.2 Å². The molecule has 0 bridgehead atoms. The van der Waals surface area contributed by atoms with Crippen LogP contribution in [0.4, 0.5) is 9.52 Å². The maximum Gasteiger partial charge on any atom is 0.301 e. The zero-order valence-electron chi connectivity index (χ0n) is 22.7. The largest absolute Gasteiger partial charge is 0.507 e. The summed E-state index contributed by atoms with van der Waals surface area (Å²) in [5.41, 5.74) is 2.42. The highest BCUT2D eigenvalue weighted by molar-refractivity contribution is 7.22. The molecule has 3 aromatic carbocycles. The maximum absolute atomic E-state index is 13.9. The lowest BCUT2D eigenvalue weighted by molar-refractivity contribution is -0.132. The van der Waals surface area contributed by atoms with E-state index in [0.29, 0.717) is 40.1 Å². The second kappa shape index (κ2) is 11.0. The van der Waals surface area contributed by atoms with Crippen molar-refractivity contribution in [3.05, 3.63) is 88.7 Å². The van der Waals surface area contributed by atoms with Crippen LogP contribution in [0.2, 0.25) is 0 Å². The van der Waals surface area contributed by atoms with Gasteiger partial charge in [-0.15, -0.1) is 0 Å². The Morgan fingerprint density at radius 2 is 1.93 bits per heavy atom. The zero-order valence-corrected chi connectivity index (χ0v) is 23.5. The van der Waals surface area contributed by atoms with Crippen LogP contribution in [0.25, 0.3) is 16.0 Å². The number of rotatable bonds is 8. The molecule has 0 aliphatic carbocycles. The van der Waals surface area contributed by atoms with Gasteiger partial charge in [0.05, 0.1) is 28.4 Å². The van der Waals surface area contributed by atoms with Gasteiger partial charge in [-0.2, -0.15) is 0 Å². The second-order valence-corrected chi connectivity index (χ2v) is 11.4. The first-order valence-corrected chi connectivity index (χ1v) is 14.6. The average Bonchev–Trinajstić information content (AvgIpc) is 3.63. The number of carbonyl (C=O) groups excluding carboxylic acids is 2. The fraction of sp³-hybridized carbons (Fsp3) is 0.281. The number of amides is 1. The molecule has 1 fully saturated rings. The molecule has 2 aliphatic heterocycles. The van der Waals surface area contributed by atoms with Crippen molar-refractivity contribution in [1.82, 2.24) is 4.98 Å². The minimum Gasteiger partial charge on any atom is -0.507 e. The van der Waals surface area contributed by atoms with Gasteiger partial charge in [0.15, 0.2) is 5.13 Å². The first-order valence-electron chi connectivity index (χ1n) is 13.7. The van der Waals surface area contributed by atoms with Crippen molar-refractivity contribution in [2.24, 2.45) is 0 Å². The van der Waals surface area contributed by atoms with Gasteiger partial charge in [0.2, 0.25) is 0 Å². The van der Waals surface area contributed by atoms with Gasteiger partial charge >= 0.3 is 5.91 Å². The fourth-order valence-corrected chi connectivity index (χ4v) is 6.36. The van der Waals surface area contributed by atoms with Gasteiger partial charge < -0.3 is 14.6 Å². The van der Waals surface area contributed by atoms with E-state index in [1.807, 2.05) is 6.92 Å². The topological polar surface area (TPSA) is 89.0 Å². The van der Waals surface area contributed by atoms with Crippen molar-refractivity contribution in [3.63, 3.8) is 0 Å². The van der Waals surface area contributed by atoms with E-state index in [2.05, 4.69) is 11.9 Å². The molecule has 1 N–H and O–H groups in total. The van der Waals surface area contributed by atoms with Crippen molar-refractivity contribution < 1.29 is 28.6 Å². The van der Waals surface area contributed by atoms with Gasteiger partial charge in [0, 0.05) is 12.0 Å². The monoisotopic (exact) mass is 572 g/mol. The van der Waals surface area contributed by atoms with E-state index in [1.54, 1.807) is 42.5 Å². The SMILES string of the molecule is CCCCCOc1ccc(C2/C(=C(\O)c3ccc4c(c3)CC(C)O4)C(=O)C(=O)N2c2nc3ccc(F)cc3s2)cc1. The molecule has 4 aromatic rings. The van der Waals surface area contributed by atoms with E-state index in [1.165, 1.54) is 23.1 Å². The Kier molecular flexibility index (Phi) is 7.21. The Hall–Kier alpha value is -4.24. The number of carbonyl (C=O) groups is 2. The zero-order chi connectivity index (χ0) is 28.7. The number of aliphatic hydroxyl groups is 1. The van der Waals surface area contributed by atoms with Crippen molar-refractivity contribution >= 4 is 44.1 Å². The molecule has 3 heterocycles. The van der Waals surface area contributed by atoms with Crippen molar-refractivity contribution in [2.75, 3.05) is 11.5 Å². The number of hydrogen-bond donors (Lipinski definition) is 1. The number of nitrogens with zero attached hydrogens (tertiary/aromatic N) is 2. The number of aliphatic hydroxyl groups excluding tert-OH is 1. The van der Waals surface area contributed by atoms with E-state index < -0.39 is 23.5 Å². The minimum atomic E-state index is -0.946. The number of halogens is 1. The predicted octanol–water partition coefficient (Wildman–Crippen LogP) is 6.95. The first kappa shape index (κ1) is 27.0. The number of unbranched alkanes of at least 4 members (excludes halogenated alkanes) is 2. The number of anilines is 1. The summed E-state index contributed by atoms with van der Waals surface area (Å²) in [5, 5.41) is 11.8. The van der Waals surface area contributed by atoms with Crippen LogP contribution in [0, 0.1) is 5.82 Å². The molecule has 41 heavy (non-hydrogen) atoms. The number of hydrogen-bond acceptors (Lipinski definition) is 7. The smallest absolute Gasteiger partial charge is 0.301 e. The van der Waals surface area contributed by atoms with Crippen molar-refractivity contribution in [1.29, 1.82) is 0 Å². The highest BCUT2D eigenvalue weighted by Crippen LogP contribution is 2.45. The van der Waals surface area contributed by atoms with Crippen LogP contribution in [-0.4, -0.2) is 34.5 Å². The summed E-state index contributed by atoms with van der Waals surface area (Å²) in [7, 11) is 0. The van der Waals surface area contributed by atoms with Crippen LogP contribution in [-0.2, 0) is 16.0 Å². The Labute approximate surface area is 240 Å². The molecular weight excluding hydrogens is 543 g/mol. The van der Waals surface area contributed by atoms with Gasteiger partial charge in [-0.3, -0.25) is 14.5 Å². The van der Waals surface area contributed by atoms with E-state index in [4.69, 9.17) is 9.47 Å². The summed E-state index contributed by atoms with van der Waals surface area (Å²) >= 11 is 1.11. The number of fused-ring (bicyclic) bond motifs is 2. The number of ether oxygens (including phenoxy) is 2. The number of aromatic nitrogens is 1. The molecule has 7 nitrogen and oxygen atoms in total. The Morgan fingerprint density at radius 3 is 2.71 bits per heavy atom. The van der Waals surface area contributed by atoms with Crippen LogP contribution in [0.5, 0.6) is 11.5 Å². The van der Waals surface area contributed by atoms with E-state index in [-0.39, 0.29) is 22.6 Å². The lowest BCUT2D eigenvalue weighted by Gasteiger charge is -2.23. The van der Waals surface area contributed by atoms with E-state index in [0.717, 1.165) is 41.9 Å². The van der Waals surface area contributed by atoms with Crippen LogP contribution in [0.1, 0.15) is 55.8 Å². The van der Waals surface area contributed by atoms with E-state index in [9.17, 15) is 19.1 Å². The highest BCUT2D eigenvalue weighted by atomic mass is 32.1. The number of Topliss-reactive ketones (excluding diaryl/α,β-unsaturated/α-hetero) is 1. The molecule has 0 saturated carbocycles. The van der Waals surface area contributed by atoms with E-state index >= 15 is 0 Å². The molecule has 0 radical (unpaired) electrons. The summed E-state index contributed by atoms with van der Waals surface area (Å²) in [6, 6.07) is 15.7. The third kappa shape index (κ3) is 5.06. The lowest BCUT2D eigenvalue weighted by Crippen LogP contribution is -2.29. The lowest BCUT2D eigenvalue weighted by atomic mass is 9.94. The third-order valence-corrected chi connectivity index (χ3v) is 8.39. The van der Waals surface area contributed by atoms with Crippen molar-refractivity contribution in [2.45, 2.75) is 51.7 Å². The Morgan fingerprint density at radius 1 is 1.12 bits per heavy atom. The van der Waals surface area contributed by atoms with Crippen LogP contribution >= 0.6 is 11.3 Å². The Balaban J connectivity index is 1.44. The fourth-order valence-electron chi connectivity index (χ4n) is 5.35. The molecule has 1 saturated heterocycles. The van der Waals surface area contributed by atoms with Gasteiger partial charge in [0.1, 0.15) is 29.2 Å². The molecule has 2 aliphatic rings. The third-order valence-electron chi connectivity index (χ3n) is 7.37. The minimum absolute atomic E-state index is 0.0135. The van der Waals surface area contributed by atoms with Crippen LogP contribution < -0.4 is 14.4 Å². The summed E-state index contributed by atoms with van der Waals surface area (Å²) in [5.74, 6) is -0.912. The summed E-state index contributed by atoms with van der Waals surface area (Å²) < 4.78 is 26.1. The average molecular weight is 573 g/mol. The van der Waals surface area contributed by atoms with Crippen LogP contribution in [0.3, 0.4) is 0 Å². The highest BCUT2D eigenvalue weighted by Gasteiger charge is 2.48. The normalized spacial score (nSPS) is 19.5. The van der Waals surface area contributed by atoms with Gasteiger partial charge in [-0.05, 0) is 73.0 Å². The molecule has 0 spiro atoms. The second-order valence-electron chi connectivity index (χ2n) is 10.4. The van der Waals surface area contributed by atoms with Gasteiger partial charge in [-0.25, -0.2) is 9.37 Å². The standard InChI is InChI=1S/C32H29FN2O5S/c1-3-4-5-14-39-23-10-6-19(7-11-23)28-27(29(36)20-8-13-25-21(16-20)15-18(2)40-25)30(37)31(38)35(28)32-34-24-12-9-22(33)17-26(24)41-32/h6-13,16-18,28,36H,3-5,14-15H2,1-2H3/b29-27+. The maximum atomic E-state index is 13.9. The molecule has 1 amide bonds. The van der Waals surface area contributed by atoms with Gasteiger partial charge in [0.25, 0.3) is 5.78 Å². The molecule has 210 valence electrons. The summed E-state index contributed by atoms with van der Waals surface area (Å²) in [4.78, 5) is 33.0. The predicted molar refractivity (Wildman–Crippen MR) is 156 cm³/mol. The number of thiazole rings is 1. The number of ketones is 1. The van der Waals surface area contributed by atoms with Crippen LogP contribution in [0.15, 0.2) is 66.2 Å². The molecule has 6 rings (SSSR count). The van der Waals surface area contributed by atoms with Crippen molar-refractivity contribution in [3.8, 4) is 11.5 Å². The first-order chi connectivity index (χ1) is 19.8. The molecule has 2 atom stereocenters. The summed E-state index contributed by atoms with van der Waals surface area (Å²) in [6.07, 6.45) is 3.80. The summed E-state index contributed by atoms with van der Waals surface area (Å²) in [6.45, 7) is 4.69. The number of benzene rings is 3. The molecule has 9 heteroatoms.